The number of imidazole rings is 1. The van der Waals surface area contributed by atoms with Crippen LogP contribution in [0, 0.1) is 0 Å². The van der Waals surface area contributed by atoms with Gasteiger partial charge in [-0.15, -0.1) is 0 Å². The third kappa shape index (κ3) is 1.88. The summed E-state index contributed by atoms with van der Waals surface area (Å²) in [6.45, 7) is 0. The number of hydrogen-bond acceptors (Lipinski definition) is 3. The van der Waals surface area contributed by atoms with E-state index in [1.54, 1.807) is 30.5 Å². The fourth-order valence-electron chi connectivity index (χ4n) is 0.981. The summed E-state index contributed by atoms with van der Waals surface area (Å²) in [4.78, 5) is 6.74. The van der Waals surface area contributed by atoms with Crippen molar-refractivity contribution in [1.82, 2.24) is 9.97 Å². The number of rotatable bonds is 2. The van der Waals surface area contributed by atoms with E-state index in [2.05, 4.69) is 25.9 Å². The molecule has 2 N–H and O–H groups in total. The Labute approximate surface area is 88.7 Å². The van der Waals surface area contributed by atoms with Crippen LogP contribution in [0.4, 0.5) is 0 Å². The number of hydrogen-bond donors (Lipinski definition) is 2. The van der Waals surface area contributed by atoms with Gasteiger partial charge < -0.3 is 14.8 Å². The second-order valence-corrected chi connectivity index (χ2v) is 3.46. The lowest BCUT2D eigenvalue weighted by Crippen LogP contribution is -1.85. The Bertz CT molecular complexity index is 442. The number of aromatic nitrogens is 2. The summed E-state index contributed by atoms with van der Waals surface area (Å²) in [5, 5.41) is 9.40. The molecule has 1 heterocycles. The number of benzene rings is 1. The zero-order valence-corrected chi connectivity index (χ0v) is 8.65. The van der Waals surface area contributed by atoms with Gasteiger partial charge in [-0.25, -0.2) is 4.98 Å². The molecule has 1 aromatic carbocycles. The largest absolute Gasteiger partial charge is 0.504 e. The maximum Gasteiger partial charge on any atom is 0.300 e. The molecular weight excluding hydrogens is 248 g/mol. The first-order chi connectivity index (χ1) is 6.75. The minimum atomic E-state index is 0.0834. The summed E-state index contributed by atoms with van der Waals surface area (Å²) in [6.07, 6.45) is 1.58. The van der Waals surface area contributed by atoms with Gasteiger partial charge in [-0.1, -0.05) is 12.1 Å². The Morgan fingerprint density at radius 2 is 2.14 bits per heavy atom. The van der Waals surface area contributed by atoms with Gasteiger partial charge in [-0.2, -0.15) is 0 Å². The van der Waals surface area contributed by atoms with Gasteiger partial charge in [0.05, 0.1) is 6.20 Å². The Kier molecular flexibility index (Phi) is 2.41. The first-order valence-electron chi connectivity index (χ1n) is 3.92. The molecular formula is C9H7BrN2O2. The monoisotopic (exact) mass is 254 g/mol. The van der Waals surface area contributed by atoms with E-state index >= 15 is 0 Å². The van der Waals surface area contributed by atoms with Gasteiger partial charge in [0.1, 0.15) is 4.60 Å². The number of phenolic OH excluding ortho intramolecular Hbond substituents is 1. The maximum absolute atomic E-state index is 9.40. The van der Waals surface area contributed by atoms with Crippen LogP contribution in [0.5, 0.6) is 17.5 Å². The van der Waals surface area contributed by atoms with Gasteiger partial charge in [-0.05, 0) is 28.1 Å². The number of halogens is 1. The predicted molar refractivity (Wildman–Crippen MR) is 54.5 cm³/mol. The standard InChI is InChI=1S/C9H7BrN2O2/c10-8-5-11-9(12-8)14-7-4-2-1-3-6(7)13/h1-5,13H,(H,11,12). The zero-order chi connectivity index (χ0) is 9.97. The normalized spacial score (nSPS) is 10.1. The van der Waals surface area contributed by atoms with Crippen LogP contribution in [-0.2, 0) is 0 Å². The van der Waals surface area contributed by atoms with Crippen LogP contribution in [0.25, 0.3) is 0 Å². The van der Waals surface area contributed by atoms with Crippen molar-refractivity contribution in [1.29, 1.82) is 0 Å². The van der Waals surface area contributed by atoms with E-state index in [1.807, 2.05) is 0 Å². The fourth-order valence-corrected chi connectivity index (χ4v) is 1.25. The molecule has 0 bridgehead atoms. The van der Waals surface area contributed by atoms with Gasteiger partial charge in [0.15, 0.2) is 11.5 Å². The number of nitrogens with one attached hydrogen (secondary N) is 1. The predicted octanol–water partition coefficient (Wildman–Crippen LogP) is 2.67. The molecule has 5 heteroatoms. The number of phenols is 1. The molecule has 0 radical (unpaired) electrons. The molecule has 0 aliphatic carbocycles. The second kappa shape index (κ2) is 3.71. The number of ether oxygens (including phenoxy) is 1. The molecule has 0 saturated carbocycles. The Hall–Kier alpha value is -1.49. The second-order valence-electron chi connectivity index (χ2n) is 2.61. The number of aromatic amines is 1. The van der Waals surface area contributed by atoms with Gasteiger partial charge in [0, 0.05) is 0 Å². The van der Waals surface area contributed by atoms with E-state index < -0.39 is 0 Å². The molecule has 0 spiro atoms. The average Bonchev–Trinajstić information content (AvgIpc) is 2.56. The minimum absolute atomic E-state index is 0.0834. The van der Waals surface area contributed by atoms with Crippen molar-refractivity contribution in [2.45, 2.75) is 0 Å². The van der Waals surface area contributed by atoms with Crippen molar-refractivity contribution in [3.63, 3.8) is 0 Å². The topological polar surface area (TPSA) is 58.1 Å². The summed E-state index contributed by atoms with van der Waals surface area (Å²) in [5.41, 5.74) is 0. The molecule has 0 unspecified atom stereocenters. The van der Waals surface area contributed by atoms with Gasteiger partial charge >= 0.3 is 0 Å². The maximum atomic E-state index is 9.40. The van der Waals surface area contributed by atoms with Gasteiger partial charge in [-0.3, -0.25) is 0 Å². The molecule has 2 rings (SSSR count). The highest BCUT2D eigenvalue weighted by Gasteiger charge is 2.04. The van der Waals surface area contributed by atoms with E-state index in [4.69, 9.17) is 4.74 Å². The molecule has 0 aliphatic rings. The van der Waals surface area contributed by atoms with Crippen molar-refractivity contribution < 1.29 is 9.84 Å². The third-order valence-corrected chi connectivity index (χ3v) is 2.00. The molecule has 1 aromatic heterocycles. The molecule has 0 saturated heterocycles. The molecule has 0 amide bonds. The van der Waals surface area contributed by atoms with Crippen LogP contribution in [0.1, 0.15) is 0 Å². The van der Waals surface area contributed by atoms with E-state index in [0.717, 1.165) is 4.60 Å². The van der Waals surface area contributed by atoms with E-state index in [1.165, 1.54) is 0 Å². The Morgan fingerprint density at radius 3 is 2.79 bits per heavy atom. The van der Waals surface area contributed by atoms with Crippen molar-refractivity contribution in [2.24, 2.45) is 0 Å². The highest BCUT2D eigenvalue weighted by Crippen LogP contribution is 2.28. The summed E-state index contributed by atoms with van der Waals surface area (Å²) in [7, 11) is 0. The number of para-hydroxylation sites is 2. The van der Waals surface area contributed by atoms with Crippen LogP contribution >= 0.6 is 15.9 Å². The number of nitrogens with zero attached hydrogens (tertiary/aromatic N) is 1. The first-order valence-corrected chi connectivity index (χ1v) is 4.71. The summed E-state index contributed by atoms with van der Waals surface area (Å²) in [6, 6.07) is 7.03. The first kappa shape index (κ1) is 9.08. The summed E-state index contributed by atoms with van der Waals surface area (Å²) in [5.74, 6) is 0.453. The van der Waals surface area contributed by atoms with Gasteiger partial charge in [0.2, 0.25) is 0 Å². The molecule has 72 valence electrons. The van der Waals surface area contributed by atoms with Crippen molar-refractivity contribution in [3.8, 4) is 17.5 Å². The highest BCUT2D eigenvalue weighted by molar-refractivity contribution is 9.10. The van der Waals surface area contributed by atoms with Crippen molar-refractivity contribution in [3.05, 3.63) is 35.1 Å². The Balaban J connectivity index is 2.23. The molecule has 0 fully saturated rings. The van der Waals surface area contributed by atoms with E-state index in [9.17, 15) is 5.11 Å². The fraction of sp³-hybridized carbons (Fsp3) is 0. The molecule has 0 atom stereocenters. The van der Waals surface area contributed by atoms with Crippen molar-refractivity contribution >= 4 is 15.9 Å². The smallest absolute Gasteiger partial charge is 0.300 e. The molecule has 4 nitrogen and oxygen atoms in total. The minimum Gasteiger partial charge on any atom is -0.504 e. The lowest BCUT2D eigenvalue weighted by atomic mass is 10.3. The van der Waals surface area contributed by atoms with Crippen LogP contribution < -0.4 is 4.74 Å². The number of aromatic hydroxyl groups is 1. The average molecular weight is 255 g/mol. The highest BCUT2D eigenvalue weighted by atomic mass is 79.9. The molecule has 2 aromatic rings. The van der Waals surface area contributed by atoms with E-state index in [-0.39, 0.29) is 5.75 Å². The lowest BCUT2D eigenvalue weighted by Gasteiger charge is -2.02. The lowest BCUT2D eigenvalue weighted by molar-refractivity contribution is 0.395. The number of H-pyrrole nitrogens is 1. The summed E-state index contributed by atoms with van der Waals surface area (Å²) >= 11 is 3.20. The van der Waals surface area contributed by atoms with Crippen LogP contribution in [0.15, 0.2) is 35.1 Å². The molecule has 14 heavy (non-hydrogen) atoms. The third-order valence-electron chi connectivity index (χ3n) is 1.59. The van der Waals surface area contributed by atoms with Gasteiger partial charge in [0.25, 0.3) is 6.01 Å². The van der Waals surface area contributed by atoms with Crippen LogP contribution in [0.2, 0.25) is 0 Å². The van der Waals surface area contributed by atoms with E-state index in [0.29, 0.717) is 11.8 Å². The van der Waals surface area contributed by atoms with Crippen molar-refractivity contribution in [2.75, 3.05) is 0 Å². The SMILES string of the molecule is Oc1ccccc1Oc1ncc(Br)[nH]1. The molecule has 0 aliphatic heterocycles. The van der Waals surface area contributed by atoms with Crippen LogP contribution in [0.3, 0.4) is 0 Å². The quantitative estimate of drug-likeness (QED) is 0.867. The Morgan fingerprint density at radius 1 is 1.36 bits per heavy atom. The van der Waals surface area contributed by atoms with Crippen LogP contribution in [-0.4, -0.2) is 15.1 Å². The zero-order valence-electron chi connectivity index (χ0n) is 7.07. The summed E-state index contributed by atoms with van der Waals surface area (Å²) < 4.78 is 6.01.